The minimum atomic E-state index is -0.927. The van der Waals surface area contributed by atoms with E-state index in [0.717, 1.165) is 10.8 Å². The maximum absolute atomic E-state index is 10.7. The van der Waals surface area contributed by atoms with Gasteiger partial charge >= 0.3 is 5.97 Å². The Hall–Kier alpha value is -1.07. The molecule has 0 spiro atoms. The standard InChI is InChI=1S/C10H13NO3S/c1-2-14-5-6-15-9-7-8(10(12)13)3-4-11-9/h3-4,7H,2,5-6H2,1H3,(H,12,13). The summed E-state index contributed by atoms with van der Waals surface area (Å²) in [4.78, 5) is 14.7. The zero-order chi connectivity index (χ0) is 11.1. The molecule has 82 valence electrons. The van der Waals surface area contributed by atoms with Crippen LogP contribution in [0.1, 0.15) is 17.3 Å². The number of hydrogen-bond donors (Lipinski definition) is 1. The summed E-state index contributed by atoms with van der Waals surface area (Å²) >= 11 is 1.49. The molecule has 0 amide bonds. The molecule has 1 aromatic heterocycles. The SMILES string of the molecule is CCOCCSc1cc(C(=O)O)ccn1. The molecule has 4 nitrogen and oxygen atoms in total. The van der Waals surface area contributed by atoms with Crippen LogP contribution in [-0.4, -0.2) is 35.0 Å². The van der Waals surface area contributed by atoms with Crippen molar-refractivity contribution in [2.45, 2.75) is 11.9 Å². The predicted molar refractivity (Wildman–Crippen MR) is 58.4 cm³/mol. The molecule has 0 aromatic carbocycles. The van der Waals surface area contributed by atoms with E-state index in [1.54, 1.807) is 6.07 Å². The second-order valence-corrected chi connectivity index (χ2v) is 3.85. The van der Waals surface area contributed by atoms with E-state index in [9.17, 15) is 4.79 Å². The van der Waals surface area contributed by atoms with Crippen molar-refractivity contribution >= 4 is 17.7 Å². The van der Waals surface area contributed by atoms with E-state index >= 15 is 0 Å². The number of aromatic nitrogens is 1. The number of aromatic carboxylic acids is 1. The van der Waals surface area contributed by atoms with Crippen molar-refractivity contribution in [3.8, 4) is 0 Å². The smallest absolute Gasteiger partial charge is 0.335 e. The first-order valence-corrected chi connectivity index (χ1v) is 5.62. The average Bonchev–Trinajstić information content (AvgIpc) is 2.25. The third kappa shape index (κ3) is 4.31. The highest BCUT2D eigenvalue weighted by Crippen LogP contribution is 2.15. The highest BCUT2D eigenvalue weighted by molar-refractivity contribution is 7.99. The third-order valence-corrected chi connectivity index (χ3v) is 2.55. The molecule has 0 atom stereocenters. The molecule has 0 fully saturated rings. The van der Waals surface area contributed by atoms with Crippen LogP contribution >= 0.6 is 11.8 Å². The van der Waals surface area contributed by atoms with Crippen molar-refractivity contribution in [1.29, 1.82) is 0 Å². The maximum Gasteiger partial charge on any atom is 0.335 e. The average molecular weight is 227 g/mol. The van der Waals surface area contributed by atoms with Gasteiger partial charge in [0.1, 0.15) is 0 Å². The summed E-state index contributed by atoms with van der Waals surface area (Å²) < 4.78 is 5.17. The van der Waals surface area contributed by atoms with Crippen LogP contribution in [0.5, 0.6) is 0 Å². The van der Waals surface area contributed by atoms with Gasteiger partial charge in [-0.25, -0.2) is 9.78 Å². The molecule has 0 saturated carbocycles. The van der Waals surface area contributed by atoms with Crippen LogP contribution in [0.25, 0.3) is 0 Å². The van der Waals surface area contributed by atoms with Gasteiger partial charge in [-0.1, -0.05) is 0 Å². The molecule has 0 unspecified atom stereocenters. The van der Waals surface area contributed by atoms with Gasteiger partial charge in [0.25, 0.3) is 0 Å². The van der Waals surface area contributed by atoms with Crippen molar-refractivity contribution in [2.24, 2.45) is 0 Å². The Morgan fingerprint density at radius 2 is 2.47 bits per heavy atom. The second-order valence-electron chi connectivity index (χ2n) is 2.73. The van der Waals surface area contributed by atoms with E-state index in [-0.39, 0.29) is 5.56 Å². The Bertz CT molecular complexity index is 330. The number of pyridine rings is 1. The minimum Gasteiger partial charge on any atom is -0.478 e. The quantitative estimate of drug-likeness (QED) is 0.594. The van der Waals surface area contributed by atoms with Gasteiger partial charge in [0.15, 0.2) is 0 Å². The Balaban J connectivity index is 2.47. The summed E-state index contributed by atoms with van der Waals surface area (Å²) in [5, 5.41) is 9.47. The largest absolute Gasteiger partial charge is 0.478 e. The lowest BCUT2D eigenvalue weighted by Crippen LogP contribution is -1.99. The van der Waals surface area contributed by atoms with E-state index in [4.69, 9.17) is 9.84 Å². The summed E-state index contributed by atoms with van der Waals surface area (Å²) in [7, 11) is 0. The second kappa shape index (κ2) is 6.42. The molecular formula is C10H13NO3S. The molecule has 0 aliphatic rings. The van der Waals surface area contributed by atoms with Gasteiger partial charge in [0, 0.05) is 18.6 Å². The first-order valence-electron chi connectivity index (χ1n) is 4.64. The van der Waals surface area contributed by atoms with Crippen LogP contribution in [0.2, 0.25) is 0 Å². The fourth-order valence-electron chi connectivity index (χ4n) is 0.971. The number of ether oxygens (including phenoxy) is 1. The maximum atomic E-state index is 10.7. The van der Waals surface area contributed by atoms with Gasteiger partial charge in [0.05, 0.1) is 17.2 Å². The lowest BCUT2D eigenvalue weighted by molar-refractivity contribution is 0.0696. The molecule has 1 rings (SSSR count). The third-order valence-electron chi connectivity index (χ3n) is 1.66. The van der Waals surface area contributed by atoms with Crippen molar-refractivity contribution < 1.29 is 14.6 Å². The zero-order valence-electron chi connectivity index (χ0n) is 8.47. The Kier molecular flexibility index (Phi) is 5.14. The molecule has 15 heavy (non-hydrogen) atoms. The number of carboxylic acids is 1. The molecule has 5 heteroatoms. The molecule has 1 N–H and O–H groups in total. The first-order chi connectivity index (χ1) is 7.24. The molecule has 0 aliphatic heterocycles. The minimum absolute atomic E-state index is 0.268. The van der Waals surface area contributed by atoms with E-state index in [1.807, 2.05) is 6.92 Å². The molecule has 1 heterocycles. The number of nitrogens with zero attached hydrogens (tertiary/aromatic N) is 1. The monoisotopic (exact) mass is 227 g/mol. The summed E-state index contributed by atoms with van der Waals surface area (Å²) in [6.07, 6.45) is 1.51. The van der Waals surface area contributed by atoms with E-state index < -0.39 is 5.97 Å². The first kappa shape index (κ1) is 12.0. The van der Waals surface area contributed by atoms with Gasteiger partial charge in [-0.3, -0.25) is 0 Å². The van der Waals surface area contributed by atoms with Crippen LogP contribution < -0.4 is 0 Å². The summed E-state index contributed by atoms with van der Waals surface area (Å²) in [5.74, 6) is -0.145. The summed E-state index contributed by atoms with van der Waals surface area (Å²) in [6, 6.07) is 3.05. The lowest BCUT2D eigenvalue weighted by atomic mass is 10.3. The van der Waals surface area contributed by atoms with Gasteiger partial charge in [-0.2, -0.15) is 0 Å². The molecule has 1 aromatic rings. The van der Waals surface area contributed by atoms with Crippen molar-refractivity contribution in [1.82, 2.24) is 4.98 Å². The van der Waals surface area contributed by atoms with E-state index in [0.29, 0.717) is 13.2 Å². The van der Waals surface area contributed by atoms with Crippen LogP contribution in [0.4, 0.5) is 0 Å². The number of thioether (sulfide) groups is 1. The van der Waals surface area contributed by atoms with Crippen LogP contribution in [0, 0.1) is 0 Å². The molecule has 0 bridgehead atoms. The predicted octanol–water partition coefficient (Wildman–Crippen LogP) is 1.91. The fraction of sp³-hybridized carbons (Fsp3) is 0.400. The number of rotatable bonds is 6. The number of carboxylic acid groups (broad SMARTS) is 1. The van der Waals surface area contributed by atoms with Gasteiger partial charge in [-0.15, -0.1) is 11.8 Å². The van der Waals surface area contributed by atoms with Crippen LogP contribution in [0.3, 0.4) is 0 Å². The van der Waals surface area contributed by atoms with E-state index in [1.165, 1.54) is 24.0 Å². The molecular weight excluding hydrogens is 214 g/mol. The topological polar surface area (TPSA) is 59.4 Å². The van der Waals surface area contributed by atoms with Crippen molar-refractivity contribution in [3.05, 3.63) is 23.9 Å². The van der Waals surface area contributed by atoms with Gasteiger partial charge in [-0.05, 0) is 19.1 Å². The van der Waals surface area contributed by atoms with E-state index in [2.05, 4.69) is 4.98 Å². The molecule has 0 saturated heterocycles. The summed E-state index contributed by atoms with van der Waals surface area (Å²) in [6.45, 7) is 3.29. The normalized spacial score (nSPS) is 10.2. The number of carbonyl (C=O) groups is 1. The van der Waals surface area contributed by atoms with Crippen molar-refractivity contribution in [2.75, 3.05) is 19.0 Å². The highest BCUT2D eigenvalue weighted by Gasteiger charge is 2.04. The Morgan fingerprint density at radius 3 is 3.13 bits per heavy atom. The van der Waals surface area contributed by atoms with Crippen LogP contribution in [0.15, 0.2) is 23.4 Å². The van der Waals surface area contributed by atoms with Crippen LogP contribution in [-0.2, 0) is 4.74 Å². The fourth-order valence-corrected chi connectivity index (χ4v) is 1.73. The Labute approximate surface area is 92.7 Å². The number of hydrogen-bond acceptors (Lipinski definition) is 4. The van der Waals surface area contributed by atoms with Gasteiger partial charge < -0.3 is 9.84 Å². The zero-order valence-corrected chi connectivity index (χ0v) is 9.29. The highest BCUT2D eigenvalue weighted by atomic mass is 32.2. The van der Waals surface area contributed by atoms with Gasteiger partial charge in [0.2, 0.25) is 0 Å². The summed E-state index contributed by atoms with van der Waals surface area (Å²) in [5.41, 5.74) is 0.268. The molecule has 0 radical (unpaired) electrons. The van der Waals surface area contributed by atoms with Crippen molar-refractivity contribution in [3.63, 3.8) is 0 Å². The lowest BCUT2D eigenvalue weighted by Gasteiger charge is -2.01. The Morgan fingerprint density at radius 1 is 1.67 bits per heavy atom. The molecule has 0 aliphatic carbocycles.